The molecule has 6 nitrogen and oxygen atoms in total. The number of carbonyl (C=O) groups is 1. The van der Waals surface area contributed by atoms with Gasteiger partial charge in [0, 0.05) is 55.5 Å². The number of amides is 1. The van der Waals surface area contributed by atoms with Crippen LogP contribution >= 0.6 is 0 Å². The minimum atomic E-state index is -0.383. The molecule has 3 aliphatic heterocycles. The average Bonchev–Trinajstić information content (AvgIpc) is 2.95. The lowest BCUT2D eigenvalue weighted by Crippen LogP contribution is -2.51. The van der Waals surface area contributed by atoms with E-state index >= 15 is 0 Å². The predicted molar refractivity (Wildman–Crippen MR) is 96.6 cm³/mol. The Hall–Kier alpha value is -1.92. The van der Waals surface area contributed by atoms with Crippen LogP contribution < -0.4 is 10.2 Å². The molecule has 3 heterocycles. The third-order valence-corrected chi connectivity index (χ3v) is 5.54. The van der Waals surface area contributed by atoms with E-state index in [-0.39, 0.29) is 11.7 Å². The zero-order valence-electron chi connectivity index (χ0n) is 14.6. The van der Waals surface area contributed by atoms with Crippen LogP contribution in [0.3, 0.4) is 0 Å². The Morgan fingerprint density at radius 3 is 2.92 bits per heavy atom. The van der Waals surface area contributed by atoms with E-state index in [1.165, 1.54) is 24.4 Å². The highest BCUT2D eigenvalue weighted by Gasteiger charge is 2.45. The number of piperidine rings is 1. The van der Waals surface area contributed by atoms with Crippen LogP contribution in [0.5, 0.6) is 0 Å². The largest absolute Gasteiger partial charge is 0.368 e. The van der Waals surface area contributed by atoms with Crippen LogP contribution in [0.25, 0.3) is 0 Å². The van der Waals surface area contributed by atoms with Gasteiger partial charge in [0.2, 0.25) is 5.91 Å². The summed E-state index contributed by atoms with van der Waals surface area (Å²) in [5.41, 5.74) is 3.93. The lowest BCUT2D eigenvalue weighted by atomic mass is 9.93. The monoisotopic (exact) mass is 343 g/mol. The molecule has 4 rings (SSSR count). The number of benzene rings is 1. The van der Waals surface area contributed by atoms with E-state index in [9.17, 15) is 4.79 Å². The minimum absolute atomic E-state index is 0.106. The highest BCUT2D eigenvalue weighted by molar-refractivity contribution is 5.97. The summed E-state index contributed by atoms with van der Waals surface area (Å²) in [7, 11) is 0. The Balaban J connectivity index is 1.67. The molecule has 1 atom stereocenters. The van der Waals surface area contributed by atoms with Crippen molar-refractivity contribution in [3.8, 4) is 0 Å². The lowest BCUT2D eigenvalue weighted by molar-refractivity contribution is -0.176. The van der Waals surface area contributed by atoms with E-state index in [4.69, 9.17) is 14.9 Å². The Bertz CT molecular complexity index is 697. The minimum Gasteiger partial charge on any atom is -0.368 e. The number of ether oxygens (including phenoxy) is 2. The zero-order chi connectivity index (χ0) is 17.4. The van der Waals surface area contributed by atoms with Crippen LogP contribution in [-0.4, -0.2) is 43.7 Å². The first-order chi connectivity index (χ1) is 12.1. The maximum absolute atomic E-state index is 11.5. The molecular weight excluding hydrogens is 318 g/mol. The number of hydrogen-bond acceptors (Lipinski definition) is 5. The summed E-state index contributed by atoms with van der Waals surface area (Å²) in [6, 6.07) is 4.51. The topological polar surface area (TPSA) is 74.7 Å². The Morgan fingerprint density at radius 2 is 2.20 bits per heavy atom. The van der Waals surface area contributed by atoms with Crippen molar-refractivity contribution < 1.29 is 14.3 Å². The van der Waals surface area contributed by atoms with Gasteiger partial charge in [-0.25, -0.2) is 0 Å². The van der Waals surface area contributed by atoms with Crippen LogP contribution in [0.15, 0.2) is 12.1 Å². The Labute approximate surface area is 148 Å². The second kappa shape index (κ2) is 6.42. The summed E-state index contributed by atoms with van der Waals surface area (Å²) < 4.78 is 11.9. The van der Waals surface area contributed by atoms with Gasteiger partial charge >= 0.3 is 0 Å². The van der Waals surface area contributed by atoms with Crippen molar-refractivity contribution in [1.29, 1.82) is 5.41 Å². The Kier molecular flexibility index (Phi) is 4.25. The van der Waals surface area contributed by atoms with Crippen LogP contribution in [0.4, 0.5) is 11.4 Å². The van der Waals surface area contributed by atoms with Gasteiger partial charge in [-0.3, -0.25) is 4.79 Å². The zero-order valence-corrected chi connectivity index (χ0v) is 14.6. The van der Waals surface area contributed by atoms with Gasteiger partial charge in [-0.05, 0) is 37.0 Å². The number of hydrogen-bond donors (Lipinski definition) is 2. The van der Waals surface area contributed by atoms with E-state index < -0.39 is 0 Å². The molecule has 2 saturated heterocycles. The maximum Gasteiger partial charge on any atom is 0.221 e. The van der Waals surface area contributed by atoms with Gasteiger partial charge in [0.25, 0.3) is 0 Å². The standard InChI is InChI=1S/C19H25N3O3/c1-13(23)21-17-9-14-3-2-4-16-11-19(24-7-8-25-19)5-6-22(16)18(14)10-15(17)12-20/h9-10,12,16,20H,2-8,11H2,1H3,(H,21,23). The number of rotatable bonds is 2. The van der Waals surface area contributed by atoms with Crippen molar-refractivity contribution >= 4 is 23.5 Å². The molecule has 1 amide bonds. The maximum atomic E-state index is 11.5. The van der Waals surface area contributed by atoms with E-state index in [1.54, 1.807) is 0 Å². The fraction of sp³-hybridized carbons (Fsp3) is 0.579. The number of nitrogens with one attached hydrogen (secondary N) is 2. The summed E-state index contributed by atoms with van der Waals surface area (Å²) >= 11 is 0. The molecule has 1 spiro atoms. The van der Waals surface area contributed by atoms with E-state index in [0.29, 0.717) is 19.3 Å². The number of fused-ring (bicyclic) bond motifs is 3. The summed E-state index contributed by atoms with van der Waals surface area (Å²) in [4.78, 5) is 13.9. The van der Waals surface area contributed by atoms with Gasteiger partial charge in [-0.1, -0.05) is 0 Å². The van der Waals surface area contributed by atoms with Crippen LogP contribution in [0, 0.1) is 5.41 Å². The SMILES string of the molecule is CC(=O)Nc1cc2c(cc1C=N)N1CCC3(CC1CCC2)OCCO3. The van der Waals surface area contributed by atoms with Crippen molar-refractivity contribution in [3.05, 3.63) is 23.3 Å². The van der Waals surface area contributed by atoms with E-state index in [1.807, 2.05) is 6.07 Å². The molecule has 2 fully saturated rings. The third-order valence-electron chi connectivity index (χ3n) is 5.54. The normalized spacial score (nSPS) is 24.4. The summed E-state index contributed by atoms with van der Waals surface area (Å²) in [6.07, 6.45) is 6.30. The highest BCUT2D eigenvalue weighted by atomic mass is 16.7. The van der Waals surface area contributed by atoms with Crippen molar-refractivity contribution in [2.24, 2.45) is 0 Å². The first-order valence-corrected chi connectivity index (χ1v) is 9.10. The van der Waals surface area contributed by atoms with Crippen molar-refractivity contribution in [3.63, 3.8) is 0 Å². The molecule has 1 aromatic rings. The van der Waals surface area contributed by atoms with Gasteiger partial charge in [0.15, 0.2) is 5.79 Å². The molecule has 3 aliphatic rings. The molecular formula is C19H25N3O3. The van der Waals surface area contributed by atoms with Gasteiger partial charge < -0.3 is 25.1 Å². The lowest BCUT2D eigenvalue weighted by Gasteiger charge is -2.44. The second-order valence-corrected chi connectivity index (χ2v) is 7.19. The quantitative estimate of drug-likeness (QED) is 0.810. The predicted octanol–water partition coefficient (Wildman–Crippen LogP) is 2.69. The summed E-state index contributed by atoms with van der Waals surface area (Å²) in [5.74, 6) is -0.489. The molecule has 0 saturated carbocycles. The van der Waals surface area contributed by atoms with Gasteiger partial charge in [0.05, 0.1) is 13.2 Å². The summed E-state index contributed by atoms with van der Waals surface area (Å²) in [6.45, 7) is 3.79. The molecule has 6 heteroatoms. The second-order valence-electron chi connectivity index (χ2n) is 7.19. The molecule has 134 valence electrons. The van der Waals surface area contributed by atoms with Crippen molar-refractivity contribution in [2.75, 3.05) is 30.0 Å². The van der Waals surface area contributed by atoms with Gasteiger partial charge in [0.1, 0.15) is 0 Å². The molecule has 0 radical (unpaired) electrons. The molecule has 25 heavy (non-hydrogen) atoms. The fourth-order valence-electron chi connectivity index (χ4n) is 4.44. The number of aryl methyl sites for hydroxylation is 1. The van der Waals surface area contributed by atoms with Crippen molar-refractivity contribution in [2.45, 2.75) is 50.9 Å². The third kappa shape index (κ3) is 3.04. The van der Waals surface area contributed by atoms with E-state index in [0.717, 1.165) is 49.9 Å². The molecule has 0 aromatic heterocycles. The van der Waals surface area contributed by atoms with Crippen LogP contribution in [0.1, 0.15) is 43.7 Å². The van der Waals surface area contributed by atoms with Gasteiger partial charge in [-0.15, -0.1) is 0 Å². The first kappa shape index (κ1) is 16.5. The summed E-state index contributed by atoms with van der Waals surface area (Å²) in [5, 5.41) is 10.6. The molecule has 2 N–H and O–H groups in total. The molecule has 1 aromatic carbocycles. The van der Waals surface area contributed by atoms with Crippen molar-refractivity contribution in [1.82, 2.24) is 0 Å². The highest BCUT2D eigenvalue weighted by Crippen LogP contribution is 2.42. The molecule has 0 bridgehead atoms. The Morgan fingerprint density at radius 1 is 1.40 bits per heavy atom. The fourth-order valence-corrected chi connectivity index (χ4v) is 4.44. The number of nitrogens with zero attached hydrogens (tertiary/aromatic N) is 1. The number of carbonyl (C=O) groups excluding carboxylic acids is 1. The molecule has 1 unspecified atom stereocenters. The smallest absolute Gasteiger partial charge is 0.221 e. The number of anilines is 2. The average molecular weight is 343 g/mol. The first-order valence-electron chi connectivity index (χ1n) is 9.10. The van der Waals surface area contributed by atoms with Crippen LogP contribution in [-0.2, 0) is 20.7 Å². The van der Waals surface area contributed by atoms with Crippen LogP contribution in [0.2, 0.25) is 0 Å². The molecule has 0 aliphatic carbocycles. The van der Waals surface area contributed by atoms with E-state index in [2.05, 4.69) is 16.3 Å². The van der Waals surface area contributed by atoms with Gasteiger partial charge in [-0.2, -0.15) is 0 Å².